The number of hydrogen-bond acceptors (Lipinski definition) is 4. The number of halogens is 1. The molecule has 16 heavy (non-hydrogen) atoms. The molecule has 0 unspecified atom stereocenters. The molecule has 0 radical (unpaired) electrons. The normalized spacial score (nSPS) is 15.6. The number of likely N-dealkylation sites (N-methyl/N-ethyl adjacent to an activating group) is 1. The molecule has 0 fully saturated rings. The fourth-order valence-electron chi connectivity index (χ4n) is 1.40. The van der Waals surface area contributed by atoms with E-state index in [1.807, 2.05) is 0 Å². The van der Waals surface area contributed by atoms with E-state index in [0.717, 1.165) is 12.1 Å². The van der Waals surface area contributed by atoms with Crippen molar-refractivity contribution in [2.24, 2.45) is 0 Å². The minimum atomic E-state index is -4.77. The van der Waals surface area contributed by atoms with Crippen molar-refractivity contribution in [3.05, 3.63) is 18.2 Å². The molecule has 0 atom stereocenters. The Labute approximate surface area is 91.6 Å². The maximum absolute atomic E-state index is 12.7. The Morgan fingerprint density at radius 1 is 1.44 bits per heavy atom. The van der Waals surface area contributed by atoms with Gasteiger partial charge in [0.1, 0.15) is 10.6 Å². The van der Waals surface area contributed by atoms with E-state index in [1.165, 1.54) is 18.0 Å². The summed E-state index contributed by atoms with van der Waals surface area (Å²) >= 11 is 0. The summed E-state index contributed by atoms with van der Waals surface area (Å²) in [5, 5.41) is 0. The van der Waals surface area contributed by atoms with Gasteiger partial charge >= 0.3 is 10.2 Å². The molecule has 86 valence electrons. The lowest BCUT2D eigenvalue weighted by atomic mass is 10.2. The Hall–Kier alpha value is -1.63. The number of benzene rings is 1. The van der Waals surface area contributed by atoms with Gasteiger partial charge in [0.25, 0.3) is 5.91 Å². The van der Waals surface area contributed by atoms with E-state index < -0.39 is 15.1 Å². The highest BCUT2D eigenvalue weighted by molar-refractivity contribution is 7.86. The van der Waals surface area contributed by atoms with Gasteiger partial charge in [0.2, 0.25) is 0 Å². The second-order valence-electron chi connectivity index (χ2n) is 3.31. The average Bonchev–Trinajstić information content (AvgIpc) is 2.22. The van der Waals surface area contributed by atoms with Crippen LogP contribution in [0, 0.1) is 0 Å². The van der Waals surface area contributed by atoms with Crippen LogP contribution in [0.5, 0.6) is 5.75 Å². The lowest BCUT2D eigenvalue weighted by Gasteiger charge is -2.25. The van der Waals surface area contributed by atoms with Gasteiger partial charge in [0.15, 0.2) is 6.61 Å². The molecule has 0 spiro atoms. The van der Waals surface area contributed by atoms with Gasteiger partial charge in [-0.25, -0.2) is 0 Å². The van der Waals surface area contributed by atoms with Crippen LogP contribution in [0.1, 0.15) is 0 Å². The highest BCUT2D eigenvalue weighted by Gasteiger charge is 2.24. The van der Waals surface area contributed by atoms with E-state index >= 15 is 0 Å². The van der Waals surface area contributed by atoms with Gasteiger partial charge in [-0.3, -0.25) is 4.79 Å². The number of nitrogens with zero attached hydrogens (tertiary/aromatic N) is 1. The fourth-order valence-corrected chi connectivity index (χ4v) is 1.89. The Kier molecular flexibility index (Phi) is 2.34. The van der Waals surface area contributed by atoms with Gasteiger partial charge in [-0.2, -0.15) is 8.42 Å². The van der Waals surface area contributed by atoms with E-state index in [1.54, 1.807) is 0 Å². The first-order valence-corrected chi connectivity index (χ1v) is 5.76. The van der Waals surface area contributed by atoms with Crippen molar-refractivity contribution in [2.75, 3.05) is 18.6 Å². The third-order valence-corrected chi connectivity index (χ3v) is 3.12. The average molecular weight is 245 g/mol. The number of carbonyl (C=O) groups is 1. The van der Waals surface area contributed by atoms with Crippen LogP contribution >= 0.6 is 0 Å². The number of ether oxygens (including phenoxy) is 1. The predicted molar refractivity (Wildman–Crippen MR) is 53.6 cm³/mol. The predicted octanol–water partition coefficient (Wildman–Crippen LogP) is 0.700. The number of carbonyl (C=O) groups excluding carboxylic acids is 1. The summed E-state index contributed by atoms with van der Waals surface area (Å²) in [5.74, 6) is 0.0374. The molecule has 1 amide bonds. The molecule has 2 rings (SSSR count). The topological polar surface area (TPSA) is 63.7 Å². The van der Waals surface area contributed by atoms with Crippen LogP contribution < -0.4 is 9.64 Å². The lowest BCUT2D eigenvalue weighted by Crippen LogP contribution is -2.35. The first kappa shape index (κ1) is 10.9. The largest absolute Gasteiger partial charge is 0.482 e. The molecule has 5 nitrogen and oxygen atoms in total. The van der Waals surface area contributed by atoms with Crippen molar-refractivity contribution in [1.29, 1.82) is 0 Å². The molecular weight excluding hydrogens is 237 g/mol. The van der Waals surface area contributed by atoms with E-state index in [4.69, 9.17) is 4.74 Å². The highest BCUT2D eigenvalue weighted by atomic mass is 32.3. The molecule has 0 saturated carbocycles. The summed E-state index contributed by atoms with van der Waals surface area (Å²) in [6.07, 6.45) is 0. The van der Waals surface area contributed by atoms with E-state index in [0.29, 0.717) is 5.75 Å². The molecule has 1 aliphatic rings. The molecule has 0 N–H and O–H groups in total. The van der Waals surface area contributed by atoms with Crippen molar-refractivity contribution in [3.63, 3.8) is 0 Å². The van der Waals surface area contributed by atoms with Crippen LogP contribution in [0.15, 0.2) is 23.1 Å². The van der Waals surface area contributed by atoms with Crippen LogP contribution in [0.25, 0.3) is 0 Å². The van der Waals surface area contributed by atoms with Crippen LogP contribution in [0.4, 0.5) is 9.57 Å². The molecule has 1 aromatic rings. The molecule has 1 heterocycles. The molecule has 7 heteroatoms. The van der Waals surface area contributed by atoms with Crippen LogP contribution in [0.3, 0.4) is 0 Å². The van der Waals surface area contributed by atoms with E-state index in [-0.39, 0.29) is 18.2 Å². The molecule has 1 aromatic carbocycles. The molecule has 1 aliphatic heterocycles. The molecule has 0 saturated heterocycles. The first-order valence-electron chi connectivity index (χ1n) is 4.37. The van der Waals surface area contributed by atoms with Gasteiger partial charge in [0.05, 0.1) is 5.69 Å². The Morgan fingerprint density at radius 3 is 2.75 bits per heavy atom. The number of anilines is 1. The third-order valence-electron chi connectivity index (χ3n) is 2.30. The van der Waals surface area contributed by atoms with Gasteiger partial charge in [-0.15, -0.1) is 3.89 Å². The highest BCUT2D eigenvalue weighted by Crippen LogP contribution is 2.33. The number of hydrogen-bond donors (Lipinski definition) is 0. The molecular formula is C9H8FNO4S. The Balaban J connectivity index is 2.57. The minimum absolute atomic E-state index is 0.106. The smallest absolute Gasteiger partial charge is 0.332 e. The van der Waals surface area contributed by atoms with Crippen LogP contribution in [-0.4, -0.2) is 28.0 Å². The van der Waals surface area contributed by atoms with Crippen molar-refractivity contribution in [1.82, 2.24) is 0 Å². The summed E-state index contributed by atoms with van der Waals surface area (Å²) < 4.78 is 39.2. The number of amides is 1. The fraction of sp³-hybridized carbons (Fsp3) is 0.222. The van der Waals surface area contributed by atoms with Gasteiger partial charge in [0, 0.05) is 7.05 Å². The summed E-state index contributed by atoms with van der Waals surface area (Å²) in [5.41, 5.74) is 0.245. The zero-order valence-electron chi connectivity index (χ0n) is 8.31. The Bertz CT molecular complexity index is 555. The number of fused-ring (bicyclic) bond motifs is 1. The van der Waals surface area contributed by atoms with E-state index in [9.17, 15) is 17.1 Å². The van der Waals surface area contributed by atoms with Gasteiger partial charge in [-0.05, 0) is 18.2 Å². The maximum atomic E-state index is 12.7. The zero-order valence-corrected chi connectivity index (χ0v) is 9.12. The quantitative estimate of drug-likeness (QED) is 0.683. The van der Waals surface area contributed by atoms with Gasteiger partial charge in [-0.1, -0.05) is 0 Å². The summed E-state index contributed by atoms with van der Waals surface area (Å²) in [7, 11) is -3.30. The maximum Gasteiger partial charge on any atom is 0.332 e. The van der Waals surface area contributed by atoms with Crippen LogP contribution in [-0.2, 0) is 15.0 Å². The van der Waals surface area contributed by atoms with Crippen molar-refractivity contribution < 1.29 is 21.8 Å². The molecule has 0 aromatic heterocycles. The van der Waals surface area contributed by atoms with Gasteiger partial charge < -0.3 is 9.64 Å². The summed E-state index contributed by atoms with van der Waals surface area (Å²) in [4.78, 5) is 12.0. The zero-order chi connectivity index (χ0) is 11.9. The molecule has 0 aliphatic carbocycles. The van der Waals surface area contributed by atoms with Crippen molar-refractivity contribution in [3.8, 4) is 5.75 Å². The number of rotatable bonds is 1. The van der Waals surface area contributed by atoms with Crippen molar-refractivity contribution >= 4 is 21.8 Å². The van der Waals surface area contributed by atoms with Crippen molar-refractivity contribution in [2.45, 2.75) is 4.90 Å². The lowest BCUT2D eigenvalue weighted by molar-refractivity contribution is -0.120. The summed E-state index contributed by atoms with van der Waals surface area (Å²) in [6, 6.07) is 3.49. The SMILES string of the molecule is CN1C(=O)COc2ccc(S(=O)(=O)F)cc21. The monoisotopic (exact) mass is 245 g/mol. The Morgan fingerprint density at radius 2 is 2.12 bits per heavy atom. The standard InChI is InChI=1S/C9H8FNO4S/c1-11-7-4-6(16(10,13)14)2-3-8(7)15-5-9(11)12/h2-4H,5H2,1H3. The van der Waals surface area contributed by atoms with E-state index in [2.05, 4.69) is 0 Å². The third kappa shape index (κ3) is 1.73. The molecule has 0 bridgehead atoms. The summed E-state index contributed by atoms with van der Waals surface area (Å²) in [6.45, 7) is -0.106. The van der Waals surface area contributed by atoms with Crippen LogP contribution in [0.2, 0.25) is 0 Å². The first-order chi connectivity index (χ1) is 7.39. The second kappa shape index (κ2) is 3.44. The second-order valence-corrected chi connectivity index (χ2v) is 4.66. The minimum Gasteiger partial charge on any atom is -0.482 e.